The molecule has 6 nitrogen and oxygen atoms in total. The lowest BCUT2D eigenvalue weighted by Crippen LogP contribution is -2.12. The number of amides is 1. The maximum Gasteiger partial charge on any atom is 0.322 e. The number of benzene rings is 2. The van der Waals surface area contributed by atoms with Gasteiger partial charge in [-0.1, -0.05) is 22.8 Å². The third-order valence-electron chi connectivity index (χ3n) is 3.34. The Labute approximate surface area is 139 Å². The number of aryl methyl sites for hydroxylation is 1. The molecule has 122 valence electrons. The van der Waals surface area contributed by atoms with E-state index >= 15 is 0 Å². The van der Waals surface area contributed by atoms with E-state index in [9.17, 15) is 4.79 Å². The Bertz CT molecular complexity index is 841. The van der Waals surface area contributed by atoms with Gasteiger partial charge in [-0.2, -0.15) is 0 Å². The molecule has 24 heavy (non-hydrogen) atoms. The zero-order valence-corrected chi connectivity index (χ0v) is 13.4. The van der Waals surface area contributed by atoms with Gasteiger partial charge in [0.15, 0.2) is 0 Å². The average molecular weight is 323 g/mol. The normalized spacial score (nSPS) is 10.4. The first-order valence-electron chi connectivity index (χ1n) is 7.60. The van der Waals surface area contributed by atoms with Gasteiger partial charge in [0.25, 0.3) is 5.91 Å². The van der Waals surface area contributed by atoms with Crippen LogP contribution >= 0.6 is 0 Å². The van der Waals surface area contributed by atoms with E-state index in [4.69, 9.17) is 9.15 Å². The summed E-state index contributed by atoms with van der Waals surface area (Å²) in [5.41, 5.74) is 2.29. The summed E-state index contributed by atoms with van der Waals surface area (Å²) in [6.07, 6.45) is 0. The number of rotatable bonds is 5. The van der Waals surface area contributed by atoms with Crippen molar-refractivity contribution < 1.29 is 13.9 Å². The molecule has 1 amide bonds. The number of nitrogens with zero attached hydrogens (tertiary/aromatic N) is 2. The summed E-state index contributed by atoms with van der Waals surface area (Å²) in [6.45, 7) is 4.46. The highest BCUT2D eigenvalue weighted by Crippen LogP contribution is 2.23. The second-order valence-electron chi connectivity index (χ2n) is 5.19. The Morgan fingerprint density at radius 3 is 2.67 bits per heavy atom. The van der Waals surface area contributed by atoms with Crippen LogP contribution in [0.3, 0.4) is 0 Å². The molecule has 0 unspecified atom stereocenters. The summed E-state index contributed by atoms with van der Waals surface area (Å²) < 4.78 is 10.9. The van der Waals surface area contributed by atoms with Crippen molar-refractivity contribution >= 4 is 11.9 Å². The van der Waals surface area contributed by atoms with Crippen LogP contribution in [0.4, 0.5) is 6.01 Å². The van der Waals surface area contributed by atoms with E-state index in [0.717, 1.165) is 16.9 Å². The predicted molar refractivity (Wildman–Crippen MR) is 90.0 cm³/mol. The maximum absolute atomic E-state index is 12.2. The lowest BCUT2D eigenvalue weighted by Gasteiger charge is -2.02. The van der Waals surface area contributed by atoms with Crippen LogP contribution in [-0.4, -0.2) is 22.7 Å². The molecule has 0 aliphatic rings. The topological polar surface area (TPSA) is 77.3 Å². The zero-order valence-electron chi connectivity index (χ0n) is 13.4. The molecule has 2 aromatic carbocycles. The fourth-order valence-corrected chi connectivity index (χ4v) is 2.21. The molecular formula is C18H17N3O3. The van der Waals surface area contributed by atoms with Crippen molar-refractivity contribution in [2.75, 3.05) is 11.9 Å². The summed E-state index contributed by atoms with van der Waals surface area (Å²) in [7, 11) is 0. The molecule has 0 aliphatic heterocycles. The molecule has 0 spiro atoms. The molecule has 3 aromatic rings. The second-order valence-corrected chi connectivity index (χ2v) is 5.19. The smallest absolute Gasteiger partial charge is 0.322 e. The molecular weight excluding hydrogens is 306 g/mol. The van der Waals surface area contributed by atoms with Gasteiger partial charge in [0.1, 0.15) is 5.75 Å². The molecule has 0 saturated carbocycles. The third-order valence-corrected chi connectivity index (χ3v) is 3.34. The molecule has 0 saturated heterocycles. The Morgan fingerprint density at radius 2 is 1.96 bits per heavy atom. The van der Waals surface area contributed by atoms with Gasteiger partial charge in [-0.3, -0.25) is 10.1 Å². The van der Waals surface area contributed by atoms with E-state index in [1.807, 2.05) is 50.2 Å². The van der Waals surface area contributed by atoms with Crippen LogP contribution < -0.4 is 10.1 Å². The monoisotopic (exact) mass is 323 g/mol. The molecule has 6 heteroatoms. The van der Waals surface area contributed by atoms with Crippen LogP contribution in [0.1, 0.15) is 22.8 Å². The number of hydrogen-bond acceptors (Lipinski definition) is 5. The van der Waals surface area contributed by atoms with Crippen molar-refractivity contribution in [2.45, 2.75) is 13.8 Å². The number of carbonyl (C=O) groups excluding carboxylic acids is 1. The molecule has 0 fully saturated rings. The minimum absolute atomic E-state index is 0.0605. The van der Waals surface area contributed by atoms with Crippen molar-refractivity contribution in [1.82, 2.24) is 10.2 Å². The largest absolute Gasteiger partial charge is 0.494 e. The van der Waals surface area contributed by atoms with Gasteiger partial charge in [0.2, 0.25) is 5.89 Å². The Balaban J connectivity index is 1.72. The van der Waals surface area contributed by atoms with E-state index in [-0.39, 0.29) is 11.9 Å². The number of aromatic nitrogens is 2. The Hall–Kier alpha value is -3.15. The van der Waals surface area contributed by atoms with Crippen LogP contribution in [-0.2, 0) is 0 Å². The van der Waals surface area contributed by atoms with Crippen LogP contribution in [0.15, 0.2) is 52.9 Å². The molecule has 0 radical (unpaired) electrons. The molecule has 1 N–H and O–H groups in total. The molecule has 1 heterocycles. The molecule has 3 rings (SSSR count). The van der Waals surface area contributed by atoms with Gasteiger partial charge in [0, 0.05) is 11.1 Å². The summed E-state index contributed by atoms with van der Waals surface area (Å²) in [6, 6.07) is 14.6. The van der Waals surface area contributed by atoms with Crippen LogP contribution in [0, 0.1) is 6.92 Å². The second kappa shape index (κ2) is 6.95. The highest BCUT2D eigenvalue weighted by atomic mass is 16.5. The fraction of sp³-hybridized carbons (Fsp3) is 0.167. The lowest BCUT2D eigenvalue weighted by atomic mass is 10.1. The van der Waals surface area contributed by atoms with Gasteiger partial charge in [-0.25, -0.2) is 0 Å². The van der Waals surface area contributed by atoms with E-state index in [0.29, 0.717) is 18.1 Å². The van der Waals surface area contributed by atoms with Crippen molar-refractivity contribution in [3.63, 3.8) is 0 Å². The highest BCUT2D eigenvalue weighted by molar-refractivity contribution is 6.03. The molecule has 0 bridgehead atoms. The number of ether oxygens (including phenoxy) is 1. The van der Waals surface area contributed by atoms with Crippen molar-refractivity contribution in [2.24, 2.45) is 0 Å². The van der Waals surface area contributed by atoms with Crippen LogP contribution in [0.5, 0.6) is 5.75 Å². The summed E-state index contributed by atoms with van der Waals surface area (Å²) in [4.78, 5) is 12.2. The van der Waals surface area contributed by atoms with Gasteiger partial charge in [0.05, 0.1) is 6.61 Å². The SMILES string of the molecule is CCOc1ccc(-c2nnc(NC(=O)c3cccc(C)c3)o2)cc1. The van der Waals surface area contributed by atoms with Crippen molar-refractivity contribution in [3.8, 4) is 17.2 Å². The van der Waals surface area contributed by atoms with Gasteiger partial charge >= 0.3 is 6.01 Å². The number of anilines is 1. The maximum atomic E-state index is 12.2. The fourth-order valence-electron chi connectivity index (χ4n) is 2.21. The van der Waals surface area contributed by atoms with Gasteiger partial charge in [-0.05, 0) is 50.2 Å². The van der Waals surface area contributed by atoms with E-state index in [2.05, 4.69) is 15.5 Å². The third kappa shape index (κ3) is 3.60. The average Bonchev–Trinajstić information content (AvgIpc) is 3.04. The number of carbonyl (C=O) groups is 1. The summed E-state index contributed by atoms with van der Waals surface area (Å²) >= 11 is 0. The Morgan fingerprint density at radius 1 is 1.17 bits per heavy atom. The van der Waals surface area contributed by atoms with Crippen LogP contribution in [0.25, 0.3) is 11.5 Å². The van der Waals surface area contributed by atoms with Gasteiger partial charge < -0.3 is 9.15 Å². The minimum Gasteiger partial charge on any atom is -0.494 e. The first kappa shape index (κ1) is 15.7. The molecule has 0 atom stereocenters. The quantitative estimate of drug-likeness (QED) is 0.774. The highest BCUT2D eigenvalue weighted by Gasteiger charge is 2.13. The van der Waals surface area contributed by atoms with Crippen molar-refractivity contribution in [3.05, 3.63) is 59.7 Å². The molecule has 1 aromatic heterocycles. The lowest BCUT2D eigenvalue weighted by molar-refractivity contribution is 0.102. The number of nitrogens with one attached hydrogen (secondary N) is 1. The first-order chi connectivity index (χ1) is 11.7. The zero-order chi connectivity index (χ0) is 16.9. The van der Waals surface area contributed by atoms with Gasteiger partial charge in [-0.15, -0.1) is 5.10 Å². The van der Waals surface area contributed by atoms with Crippen LogP contribution in [0.2, 0.25) is 0 Å². The van der Waals surface area contributed by atoms with E-state index < -0.39 is 0 Å². The first-order valence-corrected chi connectivity index (χ1v) is 7.60. The van der Waals surface area contributed by atoms with E-state index in [1.165, 1.54) is 0 Å². The minimum atomic E-state index is -0.291. The van der Waals surface area contributed by atoms with E-state index in [1.54, 1.807) is 12.1 Å². The van der Waals surface area contributed by atoms with Crippen molar-refractivity contribution in [1.29, 1.82) is 0 Å². The standard InChI is InChI=1S/C18H17N3O3/c1-3-23-15-9-7-13(8-10-15)17-20-21-18(24-17)19-16(22)14-6-4-5-12(2)11-14/h4-11H,3H2,1-2H3,(H,19,21,22). The molecule has 0 aliphatic carbocycles. The predicted octanol–water partition coefficient (Wildman–Crippen LogP) is 3.70. The Kier molecular flexibility index (Phi) is 4.56. The summed E-state index contributed by atoms with van der Waals surface area (Å²) in [5.74, 6) is 0.812. The number of hydrogen-bond donors (Lipinski definition) is 1. The summed E-state index contributed by atoms with van der Waals surface area (Å²) in [5, 5.41) is 10.4.